The zero-order valence-corrected chi connectivity index (χ0v) is 22.0. The number of unbranched alkanes of at least 4 members (excludes halogenated alkanes) is 6. The first-order chi connectivity index (χ1) is 16.0. The molecule has 2 rings (SSSR count). The van der Waals surface area contributed by atoms with Crippen LogP contribution in [0.15, 0.2) is 0 Å². The van der Waals surface area contributed by atoms with Gasteiger partial charge in [-0.2, -0.15) is 0 Å². The van der Waals surface area contributed by atoms with Crippen LogP contribution < -0.4 is 0 Å². The van der Waals surface area contributed by atoms with Crippen molar-refractivity contribution < 1.29 is 24.1 Å². The van der Waals surface area contributed by atoms with Gasteiger partial charge in [0.05, 0.1) is 31.3 Å². The molecule has 0 aromatic rings. The minimum atomic E-state index is -0.472. The monoisotopic (exact) mass is 488 g/mol. The van der Waals surface area contributed by atoms with Crippen molar-refractivity contribution >= 4 is 17.6 Å². The molecule has 1 unspecified atom stereocenters. The number of carbonyl (C=O) groups is 1. The Morgan fingerprint density at radius 1 is 1.06 bits per heavy atom. The molecule has 0 bridgehead atoms. The number of alkyl halides is 1. The van der Waals surface area contributed by atoms with E-state index < -0.39 is 5.79 Å². The van der Waals surface area contributed by atoms with Crippen LogP contribution in [0.1, 0.15) is 117 Å². The number of hydrogen-bond acceptors (Lipinski definition) is 5. The Hall–Kier alpha value is -0.360. The van der Waals surface area contributed by atoms with Crippen molar-refractivity contribution in [1.82, 2.24) is 0 Å². The first-order valence-electron chi connectivity index (χ1n) is 13.8. The summed E-state index contributed by atoms with van der Waals surface area (Å²) in [5.74, 6) is 0.848. The Balaban J connectivity index is 1.75. The zero-order chi connectivity index (χ0) is 23.9. The van der Waals surface area contributed by atoms with Crippen molar-refractivity contribution in [3.63, 3.8) is 0 Å². The highest BCUT2D eigenvalue weighted by Crippen LogP contribution is 2.51. The van der Waals surface area contributed by atoms with E-state index in [2.05, 4.69) is 13.8 Å². The summed E-state index contributed by atoms with van der Waals surface area (Å²) in [6.45, 7) is 5.44. The molecule has 2 fully saturated rings. The molecular formula is C27H49ClO5. The summed E-state index contributed by atoms with van der Waals surface area (Å²) in [5, 5.41) is 10.4. The van der Waals surface area contributed by atoms with Crippen LogP contribution in [0.4, 0.5) is 0 Å². The van der Waals surface area contributed by atoms with Crippen molar-refractivity contribution in [1.29, 1.82) is 0 Å². The van der Waals surface area contributed by atoms with E-state index in [1.807, 2.05) is 0 Å². The van der Waals surface area contributed by atoms with Gasteiger partial charge in [0, 0.05) is 18.8 Å². The summed E-state index contributed by atoms with van der Waals surface area (Å²) < 4.78 is 17.9. The minimum Gasteiger partial charge on any atom is -0.466 e. The maximum atomic E-state index is 11.8. The molecule has 1 saturated carbocycles. The number of rotatable bonds is 18. The third-order valence-electron chi connectivity index (χ3n) is 7.47. The third kappa shape index (κ3) is 10.0. The van der Waals surface area contributed by atoms with Gasteiger partial charge in [0.1, 0.15) is 0 Å². The molecule has 1 heterocycles. The largest absolute Gasteiger partial charge is 0.466 e. The van der Waals surface area contributed by atoms with Crippen molar-refractivity contribution in [3.8, 4) is 0 Å². The number of ether oxygens (including phenoxy) is 3. The molecule has 1 aliphatic carbocycles. The van der Waals surface area contributed by atoms with E-state index in [9.17, 15) is 9.90 Å². The topological polar surface area (TPSA) is 65.0 Å². The first-order valence-corrected chi connectivity index (χ1v) is 14.3. The van der Waals surface area contributed by atoms with Crippen LogP contribution in [0.2, 0.25) is 0 Å². The molecule has 5 atom stereocenters. The van der Waals surface area contributed by atoms with E-state index in [-0.39, 0.29) is 18.2 Å². The molecule has 194 valence electrons. The van der Waals surface area contributed by atoms with Gasteiger partial charge < -0.3 is 19.3 Å². The van der Waals surface area contributed by atoms with Gasteiger partial charge in [-0.15, -0.1) is 11.6 Å². The summed E-state index contributed by atoms with van der Waals surface area (Å²) in [5.41, 5.74) is 0. The maximum Gasteiger partial charge on any atom is 0.305 e. The molecule has 1 saturated heterocycles. The number of aliphatic hydroxyl groups excluding tert-OH is 1. The van der Waals surface area contributed by atoms with E-state index in [1.54, 1.807) is 0 Å². The van der Waals surface area contributed by atoms with E-state index in [0.717, 1.165) is 83.5 Å². The Kier molecular flexibility index (Phi) is 14.3. The average molecular weight is 489 g/mol. The minimum absolute atomic E-state index is 0.00808. The van der Waals surface area contributed by atoms with Gasteiger partial charge in [0.15, 0.2) is 5.79 Å². The Bertz CT molecular complexity index is 531. The lowest BCUT2D eigenvalue weighted by molar-refractivity contribution is -0.196. The van der Waals surface area contributed by atoms with E-state index >= 15 is 0 Å². The van der Waals surface area contributed by atoms with Crippen molar-refractivity contribution in [3.05, 3.63) is 0 Å². The van der Waals surface area contributed by atoms with Crippen LogP contribution in [0.25, 0.3) is 0 Å². The van der Waals surface area contributed by atoms with Gasteiger partial charge >= 0.3 is 5.97 Å². The second-order valence-corrected chi connectivity index (χ2v) is 10.5. The molecule has 5 nitrogen and oxygen atoms in total. The molecule has 33 heavy (non-hydrogen) atoms. The van der Waals surface area contributed by atoms with Gasteiger partial charge in [-0.3, -0.25) is 4.79 Å². The summed E-state index contributed by atoms with van der Waals surface area (Å²) in [6, 6.07) is 0. The second-order valence-electron chi connectivity index (χ2n) is 10.2. The maximum absolute atomic E-state index is 11.8. The molecule has 0 aromatic heterocycles. The lowest BCUT2D eigenvalue weighted by atomic mass is 9.84. The van der Waals surface area contributed by atoms with E-state index in [0.29, 0.717) is 37.4 Å². The summed E-state index contributed by atoms with van der Waals surface area (Å²) in [4.78, 5) is 11.8. The highest BCUT2D eigenvalue weighted by atomic mass is 35.5. The Morgan fingerprint density at radius 2 is 1.85 bits per heavy atom. The number of esters is 1. The van der Waals surface area contributed by atoms with Crippen molar-refractivity contribution in [2.75, 3.05) is 19.1 Å². The molecule has 1 aliphatic heterocycles. The quantitative estimate of drug-likeness (QED) is 0.131. The predicted octanol–water partition coefficient (Wildman–Crippen LogP) is 6.77. The molecule has 0 radical (unpaired) electrons. The van der Waals surface area contributed by atoms with Crippen molar-refractivity contribution in [2.45, 2.75) is 135 Å². The molecule has 1 N–H and O–H groups in total. The number of aliphatic hydroxyl groups is 1. The molecular weight excluding hydrogens is 440 g/mol. The van der Waals surface area contributed by atoms with E-state index in [1.165, 1.54) is 12.8 Å². The molecule has 1 spiro atoms. The third-order valence-corrected chi connectivity index (χ3v) is 7.81. The van der Waals surface area contributed by atoms with Gasteiger partial charge in [0.25, 0.3) is 0 Å². The fourth-order valence-corrected chi connectivity index (χ4v) is 5.64. The van der Waals surface area contributed by atoms with Crippen LogP contribution in [0, 0.1) is 11.8 Å². The molecule has 0 aromatic carbocycles. The number of carbonyl (C=O) groups excluding carboxylic acids is 1. The van der Waals surface area contributed by atoms with Crippen molar-refractivity contribution in [2.24, 2.45) is 11.8 Å². The summed E-state index contributed by atoms with van der Waals surface area (Å²) in [7, 11) is 0. The van der Waals surface area contributed by atoms with Gasteiger partial charge in [-0.25, -0.2) is 0 Å². The van der Waals surface area contributed by atoms with Crippen LogP contribution in [0.3, 0.4) is 0 Å². The second kappa shape index (κ2) is 16.3. The summed E-state index contributed by atoms with van der Waals surface area (Å²) >= 11 is 6.07. The molecule has 0 amide bonds. The highest BCUT2D eigenvalue weighted by molar-refractivity contribution is 6.18. The number of hydrogen-bond donors (Lipinski definition) is 1. The smallest absolute Gasteiger partial charge is 0.305 e. The van der Waals surface area contributed by atoms with Gasteiger partial charge in [0.2, 0.25) is 0 Å². The number of halogens is 1. The average Bonchev–Trinajstić information content (AvgIpc) is 3.38. The van der Waals surface area contributed by atoms with Crippen LogP contribution in [-0.4, -0.2) is 48.2 Å². The SMILES string of the molecule is CCCCC[C@H](O)CC[C@H]1CCC2(OC[C@H](CCl)O2)[C@@H]1CCCCCCC(=O)OCCCC. The predicted molar refractivity (Wildman–Crippen MR) is 133 cm³/mol. The fraction of sp³-hybridized carbons (Fsp3) is 0.963. The Morgan fingerprint density at radius 3 is 2.58 bits per heavy atom. The lowest BCUT2D eigenvalue weighted by Gasteiger charge is -2.33. The summed E-state index contributed by atoms with van der Waals surface area (Å²) in [6.07, 6.45) is 16.0. The first kappa shape index (κ1) is 28.9. The molecule has 2 aliphatic rings. The molecule has 6 heteroatoms. The van der Waals surface area contributed by atoms with Crippen LogP contribution in [0.5, 0.6) is 0 Å². The highest BCUT2D eigenvalue weighted by Gasteiger charge is 2.54. The zero-order valence-electron chi connectivity index (χ0n) is 21.2. The van der Waals surface area contributed by atoms with E-state index in [4.69, 9.17) is 25.8 Å². The lowest BCUT2D eigenvalue weighted by Crippen LogP contribution is -2.37. The Labute approximate surface area is 207 Å². The standard InChI is InChI=1S/C27H49ClO5/c1-3-5-9-12-23(29)16-15-22-17-18-27(32-21-24(20-28)33-27)25(22)13-10-7-8-11-14-26(30)31-19-6-4-2/h22-25,29H,3-21H2,1-2H3/t22-,23-,24-,25+,27?/m0/s1. The van der Waals surface area contributed by atoms with Gasteiger partial charge in [-0.05, 0) is 50.9 Å². The van der Waals surface area contributed by atoms with Gasteiger partial charge in [-0.1, -0.05) is 58.8 Å². The van der Waals surface area contributed by atoms with Crippen LogP contribution in [-0.2, 0) is 19.0 Å². The fourth-order valence-electron chi connectivity index (χ4n) is 5.49. The van der Waals surface area contributed by atoms with Crippen LogP contribution >= 0.6 is 11.6 Å². The normalized spacial score (nSPS) is 27.9.